The van der Waals surface area contributed by atoms with Gasteiger partial charge < -0.3 is 5.32 Å². The lowest BCUT2D eigenvalue weighted by Gasteiger charge is -2.15. The maximum Gasteiger partial charge on any atom is 0.255 e. The number of likely N-dealkylation sites (N-methyl/N-ethyl adjacent to an activating group) is 1. The van der Waals surface area contributed by atoms with E-state index in [1.807, 2.05) is 60.7 Å². The van der Waals surface area contributed by atoms with Gasteiger partial charge in [-0.05, 0) is 63.7 Å². The molecule has 1 amide bonds. The average molecular weight is 361 g/mol. The number of hydrogen-bond acceptors (Lipinski definition) is 2. The second-order valence-electron chi connectivity index (χ2n) is 7.64. The Morgan fingerprint density at radius 3 is 2.56 bits per heavy atom. The molecule has 0 aliphatic heterocycles. The quantitative estimate of drug-likeness (QED) is 0.737. The van der Waals surface area contributed by atoms with Gasteiger partial charge in [0.25, 0.3) is 5.91 Å². The highest BCUT2D eigenvalue weighted by molar-refractivity contribution is 6.04. The molecule has 2 rings (SSSR count). The van der Waals surface area contributed by atoms with Gasteiger partial charge in [-0.3, -0.25) is 9.69 Å². The molecule has 0 radical (unpaired) electrons. The van der Waals surface area contributed by atoms with Crippen LogP contribution in [0.15, 0.2) is 66.7 Å². The molecule has 0 aliphatic rings. The second kappa shape index (κ2) is 9.75. The first kappa shape index (κ1) is 20.5. The number of para-hydroxylation sites is 1. The fourth-order valence-corrected chi connectivity index (χ4v) is 2.46. The molecule has 3 nitrogen and oxygen atoms in total. The number of nitrogens with one attached hydrogen (secondary N) is 1. The van der Waals surface area contributed by atoms with E-state index in [2.05, 4.69) is 56.0 Å². The SMILES string of the molecule is CN(C/C=C/C#CC(C)(C)C)Cc1cccc(C(=O)Nc2ccccc2)c1. The summed E-state index contributed by atoms with van der Waals surface area (Å²) in [6.07, 6.45) is 3.97. The third kappa shape index (κ3) is 7.94. The van der Waals surface area contributed by atoms with E-state index in [1.165, 1.54) is 0 Å². The second-order valence-corrected chi connectivity index (χ2v) is 7.64. The number of anilines is 1. The van der Waals surface area contributed by atoms with Gasteiger partial charge in [-0.25, -0.2) is 0 Å². The predicted molar refractivity (Wildman–Crippen MR) is 114 cm³/mol. The summed E-state index contributed by atoms with van der Waals surface area (Å²) < 4.78 is 0. The Bertz CT molecular complexity index is 836. The zero-order chi connectivity index (χ0) is 19.7. The molecule has 0 bridgehead atoms. The number of allylic oxidation sites excluding steroid dienone is 1. The van der Waals surface area contributed by atoms with Crippen molar-refractivity contribution in [1.82, 2.24) is 4.90 Å². The van der Waals surface area contributed by atoms with Crippen molar-refractivity contribution in [3.63, 3.8) is 0 Å². The van der Waals surface area contributed by atoms with Crippen LogP contribution in [-0.4, -0.2) is 24.4 Å². The first-order chi connectivity index (χ1) is 12.8. The van der Waals surface area contributed by atoms with Crippen molar-refractivity contribution in [1.29, 1.82) is 0 Å². The highest BCUT2D eigenvalue weighted by Crippen LogP contribution is 2.12. The van der Waals surface area contributed by atoms with Crippen LogP contribution in [0.4, 0.5) is 5.69 Å². The number of amides is 1. The zero-order valence-corrected chi connectivity index (χ0v) is 16.6. The lowest BCUT2D eigenvalue weighted by molar-refractivity contribution is 0.102. The van der Waals surface area contributed by atoms with Crippen LogP contribution in [0.25, 0.3) is 0 Å². The van der Waals surface area contributed by atoms with Gasteiger partial charge in [-0.1, -0.05) is 48.2 Å². The van der Waals surface area contributed by atoms with Gasteiger partial charge in [0.2, 0.25) is 0 Å². The van der Waals surface area contributed by atoms with Crippen molar-refractivity contribution < 1.29 is 4.79 Å². The first-order valence-corrected chi connectivity index (χ1v) is 9.15. The van der Waals surface area contributed by atoms with Crippen molar-refractivity contribution in [3.05, 3.63) is 77.9 Å². The molecule has 1 N–H and O–H groups in total. The van der Waals surface area contributed by atoms with Crippen LogP contribution < -0.4 is 5.32 Å². The monoisotopic (exact) mass is 360 g/mol. The number of benzene rings is 2. The van der Waals surface area contributed by atoms with Gasteiger partial charge in [-0.15, -0.1) is 0 Å². The number of carbonyl (C=O) groups is 1. The van der Waals surface area contributed by atoms with Gasteiger partial charge in [0.1, 0.15) is 0 Å². The van der Waals surface area contributed by atoms with Crippen molar-refractivity contribution in [2.45, 2.75) is 27.3 Å². The minimum atomic E-state index is -0.0944. The number of nitrogens with zero attached hydrogens (tertiary/aromatic N) is 1. The van der Waals surface area contributed by atoms with Gasteiger partial charge in [0, 0.05) is 29.8 Å². The van der Waals surface area contributed by atoms with Crippen LogP contribution in [0.5, 0.6) is 0 Å². The van der Waals surface area contributed by atoms with Crippen LogP contribution in [0, 0.1) is 17.3 Å². The summed E-state index contributed by atoms with van der Waals surface area (Å²) in [4.78, 5) is 14.6. The Kier molecular flexibility index (Phi) is 7.40. The smallest absolute Gasteiger partial charge is 0.255 e. The molecule has 2 aromatic carbocycles. The van der Waals surface area contributed by atoms with Crippen molar-refractivity contribution >= 4 is 11.6 Å². The molecule has 140 valence electrons. The molecule has 27 heavy (non-hydrogen) atoms. The van der Waals surface area contributed by atoms with E-state index >= 15 is 0 Å². The molecule has 0 unspecified atom stereocenters. The Morgan fingerprint density at radius 1 is 1.11 bits per heavy atom. The fourth-order valence-electron chi connectivity index (χ4n) is 2.46. The highest BCUT2D eigenvalue weighted by Gasteiger charge is 2.07. The van der Waals surface area contributed by atoms with Gasteiger partial charge in [0.15, 0.2) is 0 Å². The van der Waals surface area contributed by atoms with E-state index in [-0.39, 0.29) is 11.3 Å². The summed E-state index contributed by atoms with van der Waals surface area (Å²) in [5, 5.41) is 2.92. The summed E-state index contributed by atoms with van der Waals surface area (Å²) in [6, 6.07) is 17.2. The standard InChI is InChI=1S/C24H28N2O/c1-24(2,3)16-9-6-10-17-26(4)19-20-12-11-13-21(18-20)23(27)25-22-14-7-5-8-15-22/h5-8,10-15,18H,17,19H2,1-4H3,(H,25,27)/b10-6+. The van der Waals surface area contributed by atoms with Gasteiger partial charge >= 0.3 is 0 Å². The molecule has 0 spiro atoms. The van der Waals surface area contributed by atoms with Crippen LogP contribution in [0.3, 0.4) is 0 Å². The van der Waals surface area contributed by atoms with E-state index in [0.717, 1.165) is 24.3 Å². The van der Waals surface area contributed by atoms with Crippen LogP contribution in [-0.2, 0) is 6.54 Å². The third-order valence-electron chi connectivity index (χ3n) is 3.74. The normalized spacial score (nSPS) is 11.3. The molecule has 0 saturated heterocycles. The van der Waals surface area contributed by atoms with Gasteiger partial charge in [0.05, 0.1) is 0 Å². The molecule has 0 aliphatic carbocycles. The molecule has 3 heteroatoms. The molecule has 0 fully saturated rings. The molecule has 0 heterocycles. The Hall–Kier alpha value is -2.83. The summed E-state index contributed by atoms with van der Waals surface area (Å²) >= 11 is 0. The Balaban J connectivity index is 1.91. The molecule has 0 saturated carbocycles. The van der Waals surface area contributed by atoms with Crippen LogP contribution >= 0.6 is 0 Å². The number of carbonyl (C=O) groups excluding carboxylic acids is 1. The van der Waals surface area contributed by atoms with Gasteiger partial charge in [-0.2, -0.15) is 0 Å². The molecule has 0 atom stereocenters. The minimum Gasteiger partial charge on any atom is -0.322 e. The molecule has 0 aromatic heterocycles. The zero-order valence-electron chi connectivity index (χ0n) is 16.6. The lowest BCUT2D eigenvalue weighted by Crippen LogP contribution is -2.18. The van der Waals surface area contributed by atoms with Crippen LogP contribution in [0.2, 0.25) is 0 Å². The van der Waals surface area contributed by atoms with E-state index in [9.17, 15) is 4.79 Å². The Labute approximate surface area is 163 Å². The summed E-state index contributed by atoms with van der Waals surface area (Å²) in [7, 11) is 2.05. The van der Waals surface area contributed by atoms with E-state index in [1.54, 1.807) is 0 Å². The summed E-state index contributed by atoms with van der Waals surface area (Å²) in [5.41, 5.74) is 2.59. The molecular weight excluding hydrogens is 332 g/mol. The van der Waals surface area contributed by atoms with Crippen molar-refractivity contribution in [3.8, 4) is 11.8 Å². The predicted octanol–water partition coefficient (Wildman–Crippen LogP) is 4.98. The van der Waals surface area contributed by atoms with Crippen LogP contribution in [0.1, 0.15) is 36.7 Å². The third-order valence-corrected chi connectivity index (χ3v) is 3.74. The number of hydrogen-bond donors (Lipinski definition) is 1. The number of rotatable bonds is 6. The highest BCUT2D eigenvalue weighted by atomic mass is 16.1. The van der Waals surface area contributed by atoms with E-state index < -0.39 is 0 Å². The Morgan fingerprint density at radius 2 is 1.85 bits per heavy atom. The average Bonchev–Trinajstić information content (AvgIpc) is 2.61. The van der Waals surface area contributed by atoms with E-state index in [4.69, 9.17) is 0 Å². The minimum absolute atomic E-state index is 0.0248. The maximum absolute atomic E-state index is 12.4. The first-order valence-electron chi connectivity index (χ1n) is 9.15. The lowest BCUT2D eigenvalue weighted by atomic mass is 9.98. The van der Waals surface area contributed by atoms with E-state index in [0.29, 0.717) is 5.56 Å². The van der Waals surface area contributed by atoms with Crippen molar-refractivity contribution in [2.75, 3.05) is 18.9 Å². The topological polar surface area (TPSA) is 32.3 Å². The summed E-state index contributed by atoms with van der Waals surface area (Å²) in [5.74, 6) is 6.17. The molecular formula is C24H28N2O. The largest absolute Gasteiger partial charge is 0.322 e. The maximum atomic E-state index is 12.4. The summed E-state index contributed by atoms with van der Waals surface area (Å²) in [6.45, 7) is 7.87. The fraction of sp³-hybridized carbons (Fsp3) is 0.292. The molecule has 2 aromatic rings. The van der Waals surface area contributed by atoms with Crippen molar-refractivity contribution in [2.24, 2.45) is 5.41 Å².